The fraction of sp³-hybridized carbons (Fsp3) is 0.500. The summed E-state index contributed by atoms with van der Waals surface area (Å²) in [5, 5.41) is 12.7. The molecule has 2 rings (SSSR count). The number of nitrogens with one attached hydrogen (secondary N) is 1. The summed E-state index contributed by atoms with van der Waals surface area (Å²) in [4.78, 5) is 58.5. The third-order valence-corrected chi connectivity index (χ3v) is 4.67. The monoisotopic (exact) mass is 481 g/mol. The van der Waals surface area contributed by atoms with Gasteiger partial charge in [-0.25, -0.2) is 0 Å². The van der Waals surface area contributed by atoms with Crippen molar-refractivity contribution >= 4 is 29.6 Å². The maximum atomic E-state index is 11.9. The SMILES string of the molecule is CC(=O)N[C@H]1[C@H](Oc2ccc(C(C)=O)c(O)c2)O[C@H](COC(C)=O)[C@@H](OC(C)=O)[C@@H]1OC(C)=O. The first-order valence-electron chi connectivity index (χ1n) is 10.3. The van der Waals surface area contributed by atoms with E-state index in [9.17, 15) is 29.1 Å². The van der Waals surface area contributed by atoms with Gasteiger partial charge in [0.25, 0.3) is 0 Å². The van der Waals surface area contributed by atoms with Crippen LogP contribution in [-0.2, 0) is 38.1 Å². The normalized spacial score (nSPS) is 23.9. The summed E-state index contributed by atoms with van der Waals surface area (Å²) >= 11 is 0. The number of Topliss-reactive ketones (excluding diaryl/α,β-unsaturated/α-hetero) is 1. The minimum absolute atomic E-state index is 0.0570. The Hall–Kier alpha value is -3.67. The minimum atomic E-state index is -1.34. The average molecular weight is 481 g/mol. The molecule has 1 fully saturated rings. The molecule has 12 heteroatoms. The van der Waals surface area contributed by atoms with Crippen molar-refractivity contribution in [3.8, 4) is 11.5 Å². The van der Waals surface area contributed by atoms with Gasteiger partial charge in [0.2, 0.25) is 12.2 Å². The molecule has 0 unspecified atom stereocenters. The van der Waals surface area contributed by atoms with E-state index in [0.717, 1.165) is 13.8 Å². The molecule has 2 N–H and O–H groups in total. The van der Waals surface area contributed by atoms with Gasteiger partial charge in [-0.2, -0.15) is 0 Å². The van der Waals surface area contributed by atoms with Gasteiger partial charge in [-0.1, -0.05) is 0 Å². The van der Waals surface area contributed by atoms with Crippen LogP contribution in [0.4, 0.5) is 0 Å². The van der Waals surface area contributed by atoms with Gasteiger partial charge in [0.15, 0.2) is 18.0 Å². The van der Waals surface area contributed by atoms with Gasteiger partial charge in [-0.15, -0.1) is 0 Å². The molecule has 0 radical (unpaired) electrons. The van der Waals surface area contributed by atoms with Gasteiger partial charge in [0, 0.05) is 33.8 Å². The molecule has 186 valence electrons. The van der Waals surface area contributed by atoms with Crippen LogP contribution in [0.1, 0.15) is 45.0 Å². The van der Waals surface area contributed by atoms with E-state index in [-0.39, 0.29) is 29.5 Å². The van der Waals surface area contributed by atoms with Gasteiger partial charge in [0.05, 0.1) is 5.56 Å². The molecule has 0 saturated carbocycles. The second-order valence-electron chi connectivity index (χ2n) is 7.57. The summed E-state index contributed by atoms with van der Waals surface area (Å²) in [6.07, 6.45) is -5.03. The highest BCUT2D eigenvalue weighted by molar-refractivity contribution is 5.96. The summed E-state index contributed by atoms with van der Waals surface area (Å²) in [5.41, 5.74) is 0.0655. The number of carbonyl (C=O) groups excluding carboxylic acids is 5. The Kier molecular flexibility index (Phi) is 8.96. The number of phenolic OH excluding ortho intramolecular Hbond substituents is 1. The zero-order chi connectivity index (χ0) is 25.6. The van der Waals surface area contributed by atoms with Crippen LogP contribution in [0.25, 0.3) is 0 Å². The molecule has 1 aliphatic heterocycles. The number of ether oxygens (including phenoxy) is 5. The largest absolute Gasteiger partial charge is 0.507 e. The third-order valence-electron chi connectivity index (χ3n) is 4.67. The van der Waals surface area contributed by atoms with Crippen LogP contribution in [0.15, 0.2) is 18.2 Å². The lowest BCUT2D eigenvalue weighted by Gasteiger charge is -2.44. The first-order valence-corrected chi connectivity index (χ1v) is 10.3. The van der Waals surface area contributed by atoms with E-state index < -0.39 is 54.5 Å². The molecule has 5 atom stereocenters. The van der Waals surface area contributed by atoms with Crippen molar-refractivity contribution in [2.24, 2.45) is 0 Å². The number of esters is 3. The lowest BCUT2D eigenvalue weighted by Crippen LogP contribution is -2.67. The van der Waals surface area contributed by atoms with Crippen molar-refractivity contribution in [2.75, 3.05) is 6.61 Å². The number of amides is 1. The number of ketones is 1. The Bertz CT molecular complexity index is 960. The molecule has 0 aromatic heterocycles. The van der Waals surface area contributed by atoms with Crippen LogP contribution in [0.2, 0.25) is 0 Å². The molecule has 12 nitrogen and oxygen atoms in total. The second-order valence-corrected chi connectivity index (χ2v) is 7.57. The van der Waals surface area contributed by atoms with E-state index in [1.165, 1.54) is 39.0 Å². The van der Waals surface area contributed by atoms with Gasteiger partial charge < -0.3 is 34.1 Å². The predicted molar refractivity (Wildman–Crippen MR) is 113 cm³/mol. The van der Waals surface area contributed by atoms with Crippen LogP contribution in [-0.4, -0.2) is 72.0 Å². The van der Waals surface area contributed by atoms with E-state index >= 15 is 0 Å². The highest BCUT2D eigenvalue weighted by Crippen LogP contribution is 2.31. The van der Waals surface area contributed by atoms with E-state index in [4.69, 9.17) is 23.7 Å². The van der Waals surface area contributed by atoms with Crippen LogP contribution < -0.4 is 10.1 Å². The Labute approximate surface area is 195 Å². The molecule has 0 spiro atoms. The standard InChI is InChI=1S/C22H27NO11/c1-10(24)16-7-6-15(8-17(16)29)33-22-19(23-11(2)25)21(32-14(5)28)20(31-13(4)27)18(34-22)9-30-12(3)26/h6-8,18-22,29H,9H2,1-5H3,(H,23,25)/t18-,19-,20-,21-,22-/m1/s1. The summed E-state index contributed by atoms with van der Waals surface area (Å²) < 4.78 is 27.4. The fourth-order valence-corrected chi connectivity index (χ4v) is 3.41. The Morgan fingerprint density at radius 3 is 2.06 bits per heavy atom. The van der Waals surface area contributed by atoms with Crippen molar-refractivity contribution in [2.45, 2.75) is 65.3 Å². The van der Waals surface area contributed by atoms with Gasteiger partial charge in [-0.3, -0.25) is 24.0 Å². The molecule has 1 heterocycles. The van der Waals surface area contributed by atoms with Gasteiger partial charge >= 0.3 is 17.9 Å². The molecule has 0 aliphatic carbocycles. The molecule has 1 aromatic carbocycles. The van der Waals surface area contributed by atoms with E-state index in [0.29, 0.717) is 0 Å². The van der Waals surface area contributed by atoms with Crippen LogP contribution >= 0.6 is 0 Å². The lowest BCUT2D eigenvalue weighted by molar-refractivity contribution is -0.257. The Balaban J connectivity index is 2.47. The Morgan fingerprint density at radius 2 is 1.56 bits per heavy atom. The van der Waals surface area contributed by atoms with Gasteiger partial charge in [0.1, 0.15) is 30.3 Å². The van der Waals surface area contributed by atoms with Crippen LogP contribution in [0.3, 0.4) is 0 Å². The highest BCUT2D eigenvalue weighted by Gasteiger charge is 2.52. The maximum absolute atomic E-state index is 11.9. The molecule has 34 heavy (non-hydrogen) atoms. The van der Waals surface area contributed by atoms with Crippen molar-refractivity contribution < 1.29 is 52.8 Å². The van der Waals surface area contributed by atoms with E-state index in [1.807, 2.05) is 0 Å². The summed E-state index contributed by atoms with van der Waals surface area (Å²) in [5.74, 6) is -3.30. The quantitative estimate of drug-likeness (QED) is 0.304. The predicted octanol–water partition coefficient (Wildman–Crippen LogP) is 0.630. The number of rotatable bonds is 8. The number of aromatic hydroxyl groups is 1. The number of hydrogen-bond donors (Lipinski definition) is 2. The molecule has 1 amide bonds. The first kappa shape index (κ1) is 26.6. The van der Waals surface area contributed by atoms with Crippen molar-refractivity contribution in [1.82, 2.24) is 5.32 Å². The van der Waals surface area contributed by atoms with Gasteiger partial charge in [-0.05, 0) is 19.1 Å². The van der Waals surface area contributed by atoms with Crippen LogP contribution in [0.5, 0.6) is 11.5 Å². The number of carbonyl (C=O) groups is 5. The average Bonchev–Trinajstić information content (AvgIpc) is 2.69. The highest BCUT2D eigenvalue weighted by atomic mass is 16.7. The third kappa shape index (κ3) is 7.17. The molecule has 1 saturated heterocycles. The minimum Gasteiger partial charge on any atom is -0.507 e. The van der Waals surface area contributed by atoms with E-state index in [1.54, 1.807) is 0 Å². The molecular formula is C22H27NO11. The topological polar surface area (TPSA) is 164 Å². The molecular weight excluding hydrogens is 454 g/mol. The molecule has 0 bridgehead atoms. The zero-order valence-corrected chi connectivity index (χ0v) is 19.4. The second kappa shape index (κ2) is 11.5. The molecule has 1 aromatic rings. The van der Waals surface area contributed by atoms with Crippen LogP contribution in [0, 0.1) is 0 Å². The van der Waals surface area contributed by atoms with Crippen molar-refractivity contribution in [3.63, 3.8) is 0 Å². The Morgan fingerprint density at radius 1 is 0.941 bits per heavy atom. The number of hydrogen-bond acceptors (Lipinski definition) is 11. The molecule has 1 aliphatic rings. The van der Waals surface area contributed by atoms with E-state index in [2.05, 4.69) is 5.32 Å². The first-order chi connectivity index (χ1) is 15.9. The zero-order valence-electron chi connectivity index (χ0n) is 19.4. The number of benzene rings is 1. The fourth-order valence-electron chi connectivity index (χ4n) is 3.41. The summed E-state index contributed by atoms with van der Waals surface area (Å²) in [6.45, 7) is 5.53. The summed E-state index contributed by atoms with van der Waals surface area (Å²) in [6, 6.07) is 2.73. The van der Waals surface area contributed by atoms with Crippen molar-refractivity contribution in [3.05, 3.63) is 23.8 Å². The maximum Gasteiger partial charge on any atom is 0.303 e. The smallest absolute Gasteiger partial charge is 0.303 e. The number of phenols is 1. The van der Waals surface area contributed by atoms with Crippen molar-refractivity contribution in [1.29, 1.82) is 0 Å². The summed E-state index contributed by atoms with van der Waals surface area (Å²) in [7, 11) is 0. The lowest BCUT2D eigenvalue weighted by atomic mass is 9.96.